The maximum absolute atomic E-state index is 12.6. The maximum Gasteiger partial charge on any atom is 0.341 e. The van der Waals surface area contributed by atoms with Gasteiger partial charge in [0, 0.05) is 4.88 Å². The highest BCUT2D eigenvalue weighted by Crippen LogP contribution is 2.38. The largest absolute Gasteiger partial charge is 0.484 e. The molecule has 8 nitrogen and oxygen atoms in total. The summed E-state index contributed by atoms with van der Waals surface area (Å²) in [4.78, 5) is 26.3. The van der Waals surface area contributed by atoms with Crippen molar-refractivity contribution >= 4 is 40.0 Å². The van der Waals surface area contributed by atoms with Crippen LogP contribution in [0.3, 0.4) is 0 Å². The molecule has 2 aromatic heterocycles. The zero-order valence-corrected chi connectivity index (χ0v) is 20.1. The average molecular weight is 488 g/mol. The van der Waals surface area contributed by atoms with E-state index in [1.807, 2.05) is 31.2 Å². The summed E-state index contributed by atoms with van der Waals surface area (Å²) in [6.07, 6.45) is 3.88. The number of thioether (sulfide) groups is 1. The SMILES string of the molecule is CCOC(=O)c1c(NC(=O)CSc2nnc(COc3cccc(C)c3)o2)sc2c1CCCC2. The van der Waals surface area contributed by atoms with Gasteiger partial charge in [0.25, 0.3) is 11.1 Å². The van der Waals surface area contributed by atoms with Crippen LogP contribution in [0.15, 0.2) is 33.9 Å². The van der Waals surface area contributed by atoms with Crippen molar-refractivity contribution in [2.45, 2.75) is 51.4 Å². The molecule has 0 bridgehead atoms. The van der Waals surface area contributed by atoms with Crippen molar-refractivity contribution in [3.8, 4) is 5.75 Å². The van der Waals surface area contributed by atoms with Gasteiger partial charge in [-0.3, -0.25) is 4.79 Å². The molecule has 0 fully saturated rings. The maximum atomic E-state index is 12.6. The van der Waals surface area contributed by atoms with E-state index < -0.39 is 0 Å². The summed E-state index contributed by atoms with van der Waals surface area (Å²) in [6, 6.07) is 7.68. The Morgan fingerprint density at radius 3 is 2.91 bits per heavy atom. The molecule has 0 spiro atoms. The number of nitrogens with zero attached hydrogens (tertiary/aromatic N) is 2. The van der Waals surface area contributed by atoms with Crippen LogP contribution in [0.1, 0.15) is 52.0 Å². The molecule has 3 aromatic rings. The zero-order valence-electron chi connectivity index (χ0n) is 18.5. The predicted molar refractivity (Wildman–Crippen MR) is 126 cm³/mol. The first-order chi connectivity index (χ1) is 16.0. The van der Waals surface area contributed by atoms with Crippen molar-refractivity contribution in [1.82, 2.24) is 10.2 Å². The van der Waals surface area contributed by atoms with Gasteiger partial charge in [0.15, 0.2) is 6.61 Å². The van der Waals surface area contributed by atoms with E-state index >= 15 is 0 Å². The number of ether oxygens (including phenoxy) is 2. The first-order valence-electron chi connectivity index (χ1n) is 10.8. The molecule has 1 amide bonds. The lowest BCUT2D eigenvalue weighted by atomic mass is 9.95. The number of aryl methyl sites for hydroxylation is 2. The Bertz CT molecular complexity index is 1140. The van der Waals surface area contributed by atoms with E-state index in [4.69, 9.17) is 13.9 Å². The summed E-state index contributed by atoms with van der Waals surface area (Å²) in [5.74, 6) is 0.494. The fourth-order valence-corrected chi connectivity index (χ4v) is 5.44. The number of anilines is 1. The zero-order chi connectivity index (χ0) is 23.2. The predicted octanol–water partition coefficient (Wildman–Crippen LogP) is 4.80. The quantitative estimate of drug-likeness (QED) is 0.339. The summed E-state index contributed by atoms with van der Waals surface area (Å²) < 4.78 is 16.5. The number of aromatic nitrogens is 2. The molecule has 10 heteroatoms. The molecule has 4 rings (SSSR count). The van der Waals surface area contributed by atoms with Crippen LogP contribution < -0.4 is 10.1 Å². The summed E-state index contributed by atoms with van der Waals surface area (Å²) in [5, 5.41) is 11.6. The van der Waals surface area contributed by atoms with Gasteiger partial charge in [0.2, 0.25) is 5.91 Å². The lowest BCUT2D eigenvalue weighted by Gasteiger charge is -2.12. The first kappa shape index (κ1) is 23.3. The average Bonchev–Trinajstić information content (AvgIpc) is 3.40. The Hall–Kier alpha value is -2.85. The minimum absolute atomic E-state index is 0.0746. The van der Waals surface area contributed by atoms with E-state index in [1.165, 1.54) is 11.3 Å². The van der Waals surface area contributed by atoms with Gasteiger partial charge in [-0.2, -0.15) is 0 Å². The Kier molecular flexibility index (Phi) is 7.66. The van der Waals surface area contributed by atoms with E-state index in [2.05, 4.69) is 15.5 Å². The van der Waals surface area contributed by atoms with Crippen molar-refractivity contribution in [1.29, 1.82) is 0 Å². The number of hydrogen-bond acceptors (Lipinski definition) is 9. The van der Waals surface area contributed by atoms with Crippen LogP contribution in [0, 0.1) is 6.92 Å². The molecule has 0 saturated heterocycles. The van der Waals surface area contributed by atoms with E-state index in [0.717, 1.165) is 59.2 Å². The summed E-state index contributed by atoms with van der Waals surface area (Å²) in [6.45, 7) is 4.20. The molecular weight excluding hydrogens is 462 g/mol. The smallest absolute Gasteiger partial charge is 0.341 e. The normalized spacial score (nSPS) is 12.8. The summed E-state index contributed by atoms with van der Waals surface area (Å²) in [7, 11) is 0. The molecule has 1 aliphatic carbocycles. The lowest BCUT2D eigenvalue weighted by molar-refractivity contribution is -0.113. The number of esters is 1. The van der Waals surface area contributed by atoms with Crippen molar-refractivity contribution in [2.75, 3.05) is 17.7 Å². The number of thiophene rings is 1. The third-order valence-electron chi connectivity index (χ3n) is 5.03. The fourth-order valence-electron chi connectivity index (χ4n) is 3.57. The molecule has 0 radical (unpaired) electrons. The molecule has 174 valence electrons. The molecule has 1 aromatic carbocycles. The van der Waals surface area contributed by atoms with Gasteiger partial charge >= 0.3 is 5.97 Å². The van der Waals surface area contributed by atoms with Crippen LogP contribution in [0.5, 0.6) is 5.75 Å². The highest BCUT2D eigenvalue weighted by Gasteiger charge is 2.27. The number of benzene rings is 1. The number of fused-ring (bicyclic) bond motifs is 1. The third kappa shape index (κ3) is 5.94. The minimum Gasteiger partial charge on any atom is -0.484 e. The molecule has 2 heterocycles. The second-order valence-electron chi connectivity index (χ2n) is 7.54. The van der Waals surface area contributed by atoms with Gasteiger partial charge in [0.05, 0.1) is 17.9 Å². The van der Waals surface area contributed by atoms with Gasteiger partial charge in [-0.25, -0.2) is 4.79 Å². The number of rotatable bonds is 9. The van der Waals surface area contributed by atoms with E-state index in [-0.39, 0.29) is 29.5 Å². The van der Waals surface area contributed by atoms with Crippen molar-refractivity contribution in [2.24, 2.45) is 0 Å². The highest BCUT2D eigenvalue weighted by atomic mass is 32.2. The van der Waals surface area contributed by atoms with Crippen LogP contribution in [0.25, 0.3) is 0 Å². The van der Waals surface area contributed by atoms with E-state index in [1.54, 1.807) is 6.92 Å². The van der Waals surface area contributed by atoms with E-state index in [9.17, 15) is 9.59 Å². The standard InChI is InChI=1S/C23H25N3O5S2/c1-3-29-22(28)20-16-9-4-5-10-17(16)33-21(20)24-18(27)13-32-23-26-25-19(31-23)12-30-15-8-6-7-14(2)11-15/h6-8,11H,3-5,9-10,12-13H2,1-2H3,(H,24,27). The van der Waals surface area contributed by atoms with Crippen LogP contribution in [0.2, 0.25) is 0 Å². The molecule has 0 saturated carbocycles. The highest BCUT2D eigenvalue weighted by molar-refractivity contribution is 7.99. The Balaban J connectivity index is 1.33. The lowest BCUT2D eigenvalue weighted by Crippen LogP contribution is -2.17. The number of amides is 1. The topological polar surface area (TPSA) is 104 Å². The Morgan fingerprint density at radius 1 is 1.24 bits per heavy atom. The number of hydrogen-bond donors (Lipinski definition) is 1. The molecule has 1 aliphatic rings. The third-order valence-corrected chi connectivity index (χ3v) is 7.06. The molecule has 0 aliphatic heterocycles. The summed E-state index contributed by atoms with van der Waals surface area (Å²) in [5.41, 5.74) is 2.61. The van der Waals surface area contributed by atoms with Crippen LogP contribution in [-0.4, -0.2) is 34.4 Å². The minimum atomic E-state index is -0.380. The van der Waals surface area contributed by atoms with Gasteiger partial charge in [-0.15, -0.1) is 21.5 Å². The van der Waals surface area contributed by atoms with Crippen molar-refractivity contribution < 1.29 is 23.5 Å². The number of nitrogens with one attached hydrogen (secondary N) is 1. The summed E-state index contributed by atoms with van der Waals surface area (Å²) >= 11 is 2.60. The molecule has 33 heavy (non-hydrogen) atoms. The van der Waals surface area contributed by atoms with Crippen molar-refractivity contribution in [3.05, 3.63) is 51.7 Å². The number of carbonyl (C=O) groups excluding carboxylic acids is 2. The second kappa shape index (κ2) is 10.8. The first-order valence-corrected chi connectivity index (χ1v) is 12.6. The Labute approximate surface area is 200 Å². The fraction of sp³-hybridized carbons (Fsp3) is 0.391. The van der Waals surface area contributed by atoms with E-state index in [0.29, 0.717) is 23.1 Å². The van der Waals surface area contributed by atoms with Gasteiger partial charge in [-0.1, -0.05) is 23.9 Å². The monoisotopic (exact) mass is 487 g/mol. The van der Waals surface area contributed by atoms with Crippen LogP contribution in [0.4, 0.5) is 5.00 Å². The molecular formula is C23H25N3O5S2. The van der Waals surface area contributed by atoms with Gasteiger partial charge in [-0.05, 0) is 62.8 Å². The molecule has 1 N–H and O–H groups in total. The van der Waals surface area contributed by atoms with Crippen LogP contribution in [-0.2, 0) is 29.0 Å². The number of carbonyl (C=O) groups is 2. The second-order valence-corrected chi connectivity index (χ2v) is 9.57. The van der Waals surface area contributed by atoms with Gasteiger partial charge < -0.3 is 19.2 Å². The van der Waals surface area contributed by atoms with Crippen molar-refractivity contribution in [3.63, 3.8) is 0 Å². The molecule has 0 atom stereocenters. The molecule has 0 unspecified atom stereocenters. The van der Waals surface area contributed by atoms with Crippen LogP contribution >= 0.6 is 23.1 Å². The Morgan fingerprint density at radius 2 is 2.09 bits per heavy atom. The van der Waals surface area contributed by atoms with Gasteiger partial charge in [0.1, 0.15) is 10.8 Å².